The Bertz CT molecular complexity index is 1130. The van der Waals surface area contributed by atoms with Crippen molar-refractivity contribution in [1.29, 1.82) is 0 Å². The van der Waals surface area contributed by atoms with Crippen LogP contribution in [0.3, 0.4) is 0 Å². The fourth-order valence-electron chi connectivity index (χ4n) is 3.58. The van der Waals surface area contributed by atoms with Crippen molar-refractivity contribution < 1.29 is 0 Å². The van der Waals surface area contributed by atoms with Crippen LogP contribution in [0.1, 0.15) is 5.56 Å². The second kappa shape index (κ2) is 5.35. The lowest BCUT2D eigenvalue weighted by Gasteiger charge is -2.26. The average Bonchev–Trinajstić information content (AvgIpc) is 2.67. The Hall–Kier alpha value is -3.33. The van der Waals surface area contributed by atoms with Crippen molar-refractivity contribution in [3.05, 3.63) is 78.4 Å². The first-order valence-electron chi connectivity index (χ1n) is 8.39. The second-order valence-corrected chi connectivity index (χ2v) is 6.42. The largest absolute Gasteiger partial charge is 0.398 e. The first-order chi connectivity index (χ1) is 12.3. The molecule has 0 aromatic heterocycles. The van der Waals surface area contributed by atoms with Gasteiger partial charge in [-0.3, -0.25) is 0 Å². The van der Waals surface area contributed by atoms with Crippen LogP contribution >= 0.6 is 0 Å². The lowest BCUT2D eigenvalue weighted by Crippen LogP contribution is -2.23. The number of para-hydroxylation sites is 1. The van der Waals surface area contributed by atoms with Gasteiger partial charge >= 0.3 is 0 Å². The SMILES string of the molecule is Nc1cc2c(c3cc4ccccc4cc13)CN(c1ccccc1)C=N2. The van der Waals surface area contributed by atoms with Crippen LogP contribution in [0.5, 0.6) is 0 Å². The summed E-state index contributed by atoms with van der Waals surface area (Å²) < 4.78 is 0. The molecule has 0 unspecified atom stereocenters. The summed E-state index contributed by atoms with van der Waals surface area (Å²) in [5.74, 6) is 0. The van der Waals surface area contributed by atoms with Gasteiger partial charge in [0.15, 0.2) is 0 Å². The quantitative estimate of drug-likeness (QED) is 0.384. The summed E-state index contributed by atoms with van der Waals surface area (Å²) in [6.07, 6.45) is 1.89. The summed E-state index contributed by atoms with van der Waals surface area (Å²) in [4.78, 5) is 6.84. The fourth-order valence-corrected chi connectivity index (χ4v) is 3.58. The van der Waals surface area contributed by atoms with Gasteiger partial charge in [0.25, 0.3) is 0 Å². The van der Waals surface area contributed by atoms with Crippen LogP contribution in [0.25, 0.3) is 21.5 Å². The summed E-state index contributed by atoms with van der Waals surface area (Å²) in [5, 5.41) is 4.72. The Morgan fingerprint density at radius 3 is 2.24 bits per heavy atom. The van der Waals surface area contributed by atoms with Crippen molar-refractivity contribution in [2.24, 2.45) is 4.99 Å². The van der Waals surface area contributed by atoms with Gasteiger partial charge in [-0.15, -0.1) is 0 Å². The lowest BCUT2D eigenvalue weighted by atomic mass is 9.96. The van der Waals surface area contributed by atoms with Gasteiger partial charge in [-0.05, 0) is 46.5 Å². The molecular formula is C22H17N3. The summed E-state index contributed by atoms with van der Waals surface area (Å²) in [6.45, 7) is 0.790. The molecule has 4 aromatic rings. The Morgan fingerprint density at radius 1 is 0.800 bits per heavy atom. The third-order valence-electron chi connectivity index (χ3n) is 4.88. The van der Waals surface area contributed by atoms with Gasteiger partial charge in [-0.1, -0.05) is 42.5 Å². The highest BCUT2D eigenvalue weighted by Crippen LogP contribution is 2.38. The molecule has 1 aliphatic heterocycles. The van der Waals surface area contributed by atoms with E-state index in [0.29, 0.717) is 0 Å². The summed E-state index contributed by atoms with van der Waals surface area (Å²) in [7, 11) is 0. The van der Waals surface area contributed by atoms with Crippen molar-refractivity contribution in [1.82, 2.24) is 0 Å². The van der Waals surface area contributed by atoms with Crippen molar-refractivity contribution in [3.8, 4) is 0 Å². The molecule has 0 fully saturated rings. The minimum absolute atomic E-state index is 0.782. The molecule has 0 aliphatic carbocycles. The van der Waals surface area contributed by atoms with E-state index in [1.54, 1.807) is 0 Å². The van der Waals surface area contributed by atoms with Crippen LogP contribution in [0, 0.1) is 0 Å². The van der Waals surface area contributed by atoms with Crippen LogP contribution in [0.15, 0.2) is 77.8 Å². The third kappa shape index (κ3) is 2.24. The van der Waals surface area contributed by atoms with Crippen LogP contribution < -0.4 is 10.6 Å². The third-order valence-corrected chi connectivity index (χ3v) is 4.88. The van der Waals surface area contributed by atoms with Gasteiger partial charge in [0, 0.05) is 22.3 Å². The molecule has 0 spiro atoms. The van der Waals surface area contributed by atoms with E-state index in [4.69, 9.17) is 5.73 Å². The van der Waals surface area contributed by atoms with Gasteiger partial charge in [-0.25, -0.2) is 4.99 Å². The van der Waals surface area contributed by atoms with Gasteiger partial charge in [0.2, 0.25) is 0 Å². The Balaban J connectivity index is 1.74. The molecule has 3 nitrogen and oxygen atoms in total. The molecule has 0 bridgehead atoms. The normalized spacial score (nSPS) is 13.4. The zero-order valence-electron chi connectivity index (χ0n) is 13.7. The number of nitrogens with zero attached hydrogens (tertiary/aromatic N) is 2. The molecule has 0 amide bonds. The van der Waals surface area contributed by atoms with E-state index in [9.17, 15) is 0 Å². The van der Waals surface area contributed by atoms with E-state index in [1.807, 2.05) is 30.6 Å². The number of nitrogens with two attached hydrogens (primary N) is 1. The molecule has 120 valence electrons. The zero-order valence-corrected chi connectivity index (χ0v) is 13.7. The van der Waals surface area contributed by atoms with Crippen molar-refractivity contribution in [2.45, 2.75) is 6.54 Å². The number of nitrogen functional groups attached to an aromatic ring is 1. The first kappa shape index (κ1) is 14.1. The standard InChI is InChI=1S/C22H17N3/c23-21-12-22-20(13-25(14-24-22)17-8-2-1-3-9-17)18-10-15-6-4-5-7-16(15)11-19(18)21/h1-12,14H,13,23H2. The monoisotopic (exact) mass is 323 g/mol. The number of rotatable bonds is 1. The summed E-state index contributed by atoms with van der Waals surface area (Å²) in [6, 6.07) is 25.2. The second-order valence-electron chi connectivity index (χ2n) is 6.42. The van der Waals surface area contributed by atoms with Crippen LogP contribution in [-0.2, 0) is 6.54 Å². The molecule has 1 heterocycles. The first-order valence-corrected chi connectivity index (χ1v) is 8.39. The molecule has 1 aliphatic rings. The topological polar surface area (TPSA) is 41.6 Å². The van der Waals surface area contributed by atoms with Crippen molar-refractivity contribution in [2.75, 3.05) is 10.6 Å². The maximum atomic E-state index is 6.33. The minimum Gasteiger partial charge on any atom is -0.398 e. The maximum absolute atomic E-state index is 6.33. The predicted octanol–water partition coefficient (Wildman–Crippen LogP) is 5.26. The van der Waals surface area contributed by atoms with Gasteiger partial charge < -0.3 is 10.6 Å². The molecule has 0 atom stereocenters. The van der Waals surface area contributed by atoms with Crippen LogP contribution in [0.2, 0.25) is 0 Å². The van der Waals surface area contributed by atoms with E-state index >= 15 is 0 Å². The molecule has 0 saturated carbocycles. The summed E-state index contributed by atoms with van der Waals surface area (Å²) in [5.41, 5.74) is 10.4. The fraction of sp³-hybridized carbons (Fsp3) is 0.0455. The Labute approximate surface area is 146 Å². The van der Waals surface area contributed by atoms with Crippen LogP contribution in [-0.4, -0.2) is 6.34 Å². The highest BCUT2D eigenvalue weighted by atomic mass is 15.2. The molecule has 2 N–H and O–H groups in total. The number of fused-ring (bicyclic) bond motifs is 4. The lowest BCUT2D eigenvalue weighted by molar-refractivity contribution is 1.01. The van der Waals surface area contributed by atoms with E-state index in [2.05, 4.69) is 58.4 Å². The van der Waals surface area contributed by atoms with E-state index < -0.39 is 0 Å². The Morgan fingerprint density at radius 2 is 1.48 bits per heavy atom. The highest BCUT2D eigenvalue weighted by molar-refractivity contribution is 6.07. The molecule has 0 radical (unpaired) electrons. The van der Waals surface area contributed by atoms with E-state index in [-0.39, 0.29) is 0 Å². The number of aliphatic imine (C=N–C) groups is 1. The van der Waals surface area contributed by atoms with Gasteiger partial charge in [0.05, 0.1) is 18.6 Å². The van der Waals surface area contributed by atoms with Gasteiger partial charge in [-0.2, -0.15) is 0 Å². The number of hydrogen-bond donors (Lipinski definition) is 1. The van der Waals surface area contributed by atoms with Crippen molar-refractivity contribution in [3.63, 3.8) is 0 Å². The molecule has 4 aromatic carbocycles. The van der Waals surface area contributed by atoms with Crippen molar-refractivity contribution >= 4 is 44.9 Å². The predicted molar refractivity (Wildman–Crippen MR) is 107 cm³/mol. The summed E-state index contributed by atoms with van der Waals surface area (Å²) >= 11 is 0. The maximum Gasteiger partial charge on any atom is 0.0960 e. The molecular weight excluding hydrogens is 306 g/mol. The van der Waals surface area contributed by atoms with Crippen LogP contribution in [0.4, 0.5) is 17.1 Å². The molecule has 0 saturated heterocycles. The van der Waals surface area contributed by atoms with E-state index in [1.165, 1.54) is 21.7 Å². The zero-order chi connectivity index (χ0) is 16.8. The molecule has 3 heteroatoms. The minimum atomic E-state index is 0.782. The molecule has 5 rings (SSSR count). The highest BCUT2D eigenvalue weighted by Gasteiger charge is 2.18. The number of benzene rings is 4. The van der Waals surface area contributed by atoms with Gasteiger partial charge in [0.1, 0.15) is 0 Å². The average molecular weight is 323 g/mol. The number of anilines is 2. The van der Waals surface area contributed by atoms with E-state index in [0.717, 1.165) is 29.0 Å². The Kier molecular flexibility index (Phi) is 3.01. The molecule has 25 heavy (non-hydrogen) atoms. The smallest absolute Gasteiger partial charge is 0.0960 e. The number of hydrogen-bond acceptors (Lipinski definition) is 3.